The highest BCUT2D eigenvalue weighted by atomic mass is 15.1. The molecule has 0 saturated carbocycles. The smallest absolute Gasteiger partial charge is 0.0922 e. The lowest BCUT2D eigenvalue weighted by Gasteiger charge is -2.24. The SMILES string of the molecule is Cc1ccccc1CN(Cc1cnc[nH]1)CC(C)C. The number of hydrogen-bond acceptors (Lipinski definition) is 2. The van der Waals surface area contributed by atoms with Crippen molar-refractivity contribution in [2.45, 2.75) is 33.9 Å². The van der Waals surface area contributed by atoms with Gasteiger partial charge in [-0.05, 0) is 24.0 Å². The van der Waals surface area contributed by atoms with Crippen LogP contribution in [-0.2, 0) is 13.1 Å². The normalized spacial score (nSPS) is 11.4. The van der Waals surface area contributed by atoms with Crippen LogP contribution >= 0.6 is 0 Å². The molecule has 3 heteroatoms. The van der Waals surface area contributed by atoms with Crippen molar-refractivity contribution >= 4 is 0 Å². The van der Waals surface area contributed by atoms with Crippen molar-refractivity contribution < 1.29 is 0 Å². The van der Waals surface area contributed by atoms with Crippen LogP contribution in [0.25, 0.3) is 0 Å². The minimum Gasteiger partial charge on any atom is -0.347 e. The quantitative estimate of drug-likeness (QED) is 0.860. The Labute approximate surface area is 115 Å². The van der Waals surface area contributed by atoms with Gasteiger partial charge in [-0.2, -0.15) is 0 Å². The van der Waals surface area contributed by atoms with Gasteiger partial charge in [0.05, 0.1) is 6.33 Å². The van der Waals surface area contributed by atoms with Crippen LogP contribution in [0.15, 0.2) is 36.8 Å². The third kappa shape index (κ3) is 4.21. The topological polar surface area (TPSA) is 31.9 Å². The molecule has 2 rings (SSSR count). The number of imidazole rings is 1. The summed E-state index contributed by atoms with van der Waals surface area (Å²) in [7, 11) is 0. The number of nitrogens with zero attached hydrogens (tertiary/aromatic N) is 2. The zero-order chi connectivity index (χ0) is 13.7. The zero-order valence-electron chi connectivity index (χ0n) is 12.1. The van der Waals surface area contributed by atoms with Crippen molar-refractivity contribution in [3.05, 3.63) is 53.6 Å². The van der Waals surface area contributed by atoms with E-state index in [1.165, 1.54) is 16.8 Å². The third-order valence-electron chi connectivity index (χ3n) is 3.23. The molecule has 0 fully saturated rings. The van der Waals surface area contributed by atoms with Gasteiger partial charge in [0.25, 0.3) is 0 Å². The number of rotatable bonds is 6. The van der Waals surface area contributed by atoms with Crippen molar-refractivity contribution in [3.63, 3.8) is 0 Å². The lowest BCUT2D eigenvalue weighted by atomic mass is 10.1. The van der Waals surface area contributed by atoms with Gasteiger partial charge in [0.2, 0.25) is 0 Å². The molecule has 0 atom stereocenters. The van der Waals surface area contributed by atoms with Crippen LogP contribution in [0.2, 0.25) is 0 Å². The summed E-state index contributed by atoms with van der Waals surface area (Å²) < 4.78 is 0. The van der Waals surface area contributed by atoms with Gasteiger partial charge >= 0.3 is 0 Å². The minimum absolute atomic E-state index is 0.659. The fourth-order valence-corrected chi connectivity index (χ4v) is 2.34. The Hall–Kier alpha value is -1.61. The van der Waals surface area contributed by atoms with Crippen molar-refractivity contribution in [3.8, 4) is 0 Å². The van der Waals surface area contributed by atoms with Crippen LogP contribution in [0.3, 0.4) is 0 Å². The molecule has 1 heterocycles. The lowest BCUT2D eigenvalue weighted by Crippen LogP contribution is -2.27. The van der Waals surface area contributed by atoms with Gasteiger partial charge in [-0.25, -0.2) is 4.98 Å². The van der Waals surface area contributed by atoms with E-state index in [4.69, 9.17) is 0 Å². The van der Waals surface area contributed by atoms with Crippen LogP contribution in [0.5, 0.6) is 0 Å². The Morgan fingerprint density at radius 1 is 1.21 bits per heavy atom. The summed E-state index contributed by atoms with van der Waals surface area (Å²) in [4.78, 5) is 9.76. The molecule has 0 unspecified atom stereocenters. The molecule has 1 aromatic carbocycles. The Morgan fingerprint density at radius 3 is 2.63 bits per heavy atom. The number of nitrogens with one attached hydrogen (secondary N) is 1. The minimum atomic E-state index is 0.659. The first-order valence-corrected chi connectivity index (χ1v) is 6.89. The highest BCUT2D eigenvalue weighted by molar-refractivity contribution is 5.25. The second-order valence-electron chi connectivity index (χ2n) is 5.57. The third-order valence-corrected chi connectivity index (χ3v) is 3.23. The fourth-order valence-electron chi connectivity index (χ4n) is 2.34. The molecule has 0 aliphatic heterocycles. The average Bonchev–Trinajstić information content (AvgIpc) is 2.84. The Morgan fingerprint density at radius 2 is 2.00 bits per heavy atom. The Kier molecular flexibility index (Phi) is 4.74. The molecule has 0 amide bonds. The van der Waals surface area contributed by atoms with Crippen LogP contribution < -0.4 is 0 Å². The van der Waals surface area contributed by atoms with Gasteiger partial charge in [0, 0.05) is 31.5 Å². The molecule has 1 aromatic heterocycles. The molecule has 0 aliphatic rings. The molecule has 102 valence electrons. The maximum absolute atomic E-state index is 4.10. The van der Waals surface area contributed by atoms with E-state index in [2.05, 4.69) is 59.9 Å². The van der Waals surface area contributed by atoms with E-state index < -0.39 is 0 Å². The largest absolute Gasteiger partial charge is 0.347 e. The van der Waals surface area contributed by atoms with Crippen LogP contribution in [0.1, 0.15) is 30.7 Å². The Balaban J connectivity index is 2.07. The highest BCUT2D eigenvalue weighted by Gasteiger charge is 2.11. The van der Waals surface area contributed by atoms with E-state index >= 15 is 0 Å². The zero-order valence-corrected chi connectivity index (χ0v) is 12.1. The summed E-state index contributed by atoms with van der Waals surface area (Å²) >= 11 is 0. The summed E-state index contributed by atoms with van der Waals surface area (Å²) in [5.41, 5.74) is 3.94. The monoisotopic (exact) mass is 257 g/mol. The van der Waals surface area contributed by atoms with Gasteiger partial charge in [-0.1, -0.05) is 38.1 Å². The molecule has 0 aliphatic carbocycles. The van der Waals surface area contributed by atoms with E-state index in [1.54, 1.807) is 6.33 Å². The molecule has 19 heavy (non-hydrogen) atoms. The molecular formula is C16H23N3. The maximum Gasteiger partial charge on any atom is 0.0922 e. The average molecular weight is 257 g/mol. The van der Waals surface area contributed by atoms with Crippen LogP contribution in [-0.4, -0.2) is 21.4 Å². The van der Waals surface area contributed by atoms with E-state index in [0.29, 0.717) is 5.92 Å². The highest BCUT2D eigenvalue weighted by Crippen LogP contribution is 2.14. The van der Waals surface area contributed by atoms with Crippen molar-refractivity contribution in [2.24, 2.45) is 5.92 Å². The lowest BCUT2D eigenvalue weighted by molar-refractivity contribution is 0.225. The van der Waals surface area contributed by atoms with E-state index in [0.717, 1.165) is 19.6 Å². The van der Waals surface area contributed by atoms with Crippen molar-refractivity contribution in [2.75, 3.05) is 6.54 Å². The second kappa shape index (κ2) is 6.53. The molecular weight excluding hydrogens is 234 g/mol. The van der Waals surface area contributed by atoms with E-state index in [1.807, 2.05) is 6.20 Å². The second-order valence-corrected chi connectivity index (χ2v) is 5.57. The van der Waals surface area contributed by atoms with Crippen LogP contribution in [0, 0.1) is 12.8 Å². The van der Waals surface area contributed by atoms with Gasteiger partial charge < -0.3 is 4.98 Å². The molecule has 2 aromatic rings. The summed E-state index contributed by atoms with van der Waals surface area (Å²) in [6, 6.07) is 8.61. The number of aromatic amines is 1. The van der Waals surface area contributed by atoms with Crippen molar-refractivity contribution in [1.82, 2.24) is 14.9 Å². The van der Waals surface area contributed by atoms with Gasteiger partial charge in [0.15, 0.2) is 0 Å². The summed E-state index contributed by atoms with van der Waals surface area (Å²) in [5.74, 6) is 0.659. The first kappa shape index (κ1) is 13.8. The molecule has 0 radical (unpaired) electrons. The molecule has 0 saturated heterocycles. The summed E-state index contributed by atoms with van der Waals surface area (Å²) in [6.07, 6.45) is 3.65. The van der Waals surface area contributed by atoms with Gasteiger partial charge in [0.1, 0.15) is 0 Å². The molecule has 1 N–H and O–H groups in total. The maximum atomic E-state index is 4.10. The predicted octanol–water partition coefficient (Wildman–Crippen LogP) is 3.38. The number of aromatic nitrogens is 2. The van der Waals surface area contributed by atoms with Crippen LogP contribution in [0.4, 0.5) is 0 Å². The Bertz CT molecular complexity index is 488. The first-order chi connectivity index (χ1) is 9.15. The van der Waals surface area contributed by atoms with Gasteiger partial charge in [-0.3, -0.25) is 4.90 Å². The summed E-state index contributed by atoms with van der Waals surface area (Å²) in [6.45, 7) is 9.71. The number of benzene rings is 1. The molecule has 0 spiro atoms. The predicted molar refractivity (Wildman–Crippen MR) is 78.7 cm³/mol. The van der Waals surface area contributed by atoms with Crippen molar-refractivity contribution in [1.29, 1.82) is 0 Å². The van der Waals surface area contributed by atoms with E-state index in [9.17, 15) is 0 Å². The van der Waals surface area contributed by atoms with Gasteiger partial charge in [-0.15, -0.1) is 0 Å². The number of H-pyrrole nitrogens is 1. The molecule has 0 bridgehead atoms. The summed E-state index contributed by atoms with van der Waals surface area (Å²) in [5, 5.41) is 0. The van der Waals surface area contributed by atoms with E-state index in [-0.39, 0.29) is 0 Å². The molecule has 3 nitrogen and oxygen atoms in total. The first-order valence-electron chi connectivity index (χ1n) is 6.89. The standard InChI is InChI=1S/C16H23N3/c1-13(2)9-19(11-16-8-17-12-18-16)10-15-7-5-4-6-14(15)3/h4-8,12-13H,9-11H2,1-3H3,(H,17,18). The number of hydrogen-bond donors (Lipinski definition) is 1. The fraction of sp³-hybridized carbons (Fsp3) is 0.438. The number of aryl methyl sites for hydroxylation is 1.